The Morgan fingerprint density at radius 3 is 2.50 bits per heavy atom. The Balaban J connectivity index is 2.56. The number of benzene rings is 1. The van der Waals surface area contributed by atoms with Gasteiger partial charge >= 0.3 is 12.1 Å². The van der Waals surface area contributed by atoms with Gasteiger partial charge in [0.15, 0.2) is 0 Å². The van der Waals surface area contributed by atoms with Crippen LogP contribution in [-0.2, 0) is 16.0 Å². The zero-order chi connectivity index (χ0) is 16.9. The van der Waals surface area contributed by atoms with Crippen molar-refractivity contribution >= 4 is 27.8 Å². The average Bonchev–Trinajstić information content (AvgIpc) is 2.38. The van der Waals surface area contributed by atoms with Crippen molar-refractivity contribution in [3.8, 4) is 0 Å². The third kappa shape index (κ3) is 6.46. The monoisotopic (exact) mass is 381 g/mol. The van der Waals surface area contributed by atoms with Crippen molar-refractivity contribution in [3.63, 3.8) is 0 Å². The van der Waals surface area contributed by atoms with Gasteiger partial charge in [0.2, 0.25) is 5.91 Å². The van der Waals surface area contributed by atoms with E-state index in [0.717, 1.165) is 15.6 Å². The molecule has 0 heterocycles. The minimum absolute atomic E-state index is 0.0806. The number of halogens is 4. The van der Waals surface area contributed by atoms with E-state index in [2.05, 4.69) is 15.9 Å². The fraction of sp³-hybridized carbons (Fsp3) is 0.429. The Morgan fingerprint density at radius 2 is 2.00 bits per heavy atom. The van der Waals surface area contributed by atoms with E-state index in [1.165, 1.54) is 0 Å². The number of carbonyl (C=O) groups is 2. The van der Waals surface area contributed by atoms with E-state index < -0.39 is 30.5 Å². The van der Waals surface area contributed by atoms with Gasteiger partial charge in [-0.1, -0.05) is 28.1 Å². The maximum absolute atomic E-state index is 12.2. The molecule has 4 nitrogen and oxygen atoms in total. The second-order valence-electron chi connectivity index (χ2n) is 4.86. The molecule has 8 heteroatoms. The number of nitrogens with one attached hydrogen (secondary N) is 1. The second kappa shape index (κ2) is 7.62. The quantitative estimate of drug-likeness (QED) is 0.794. The van der Waals surface area contributed by atoms with Crippen LogP contribution in [-0.4, -0.2) is 29.2 Å². The van der Waals surface area contributed by atoms with Crippen molar-refractivity contribution in [2.24, 2.45) is 0 Å². The van der Waals surface area contributed by atoms with E-state index in [0.29, 0.717) is 6.42 Å². The van der Waals surface area contributed by atoms with Gasteiger partial charge in [0.05, 0.1) is 6.42 Å². The molecule has 0 saturated carbocycles. The van der Waals surface area contributed by atoms with E-state index in [1.54, 1.807) is 6.07 Å². The summed E-state index contributed by atoms with van der Waals surface area (Å²) in [4.78, 5) is 22.4. The molecule has 1 unspecified atom stereocenters. The molecular weight excluding hydrogens is 367 g/mol. The molecule has 2 N–H and O–H groups in total. The van der Waals surface area contributed by atoms with Gasteiger partial charge in [-0.05, 0) is 30.5 Å². The van der Waals surface area contributed by atoms with Gasteiger partial charge < -0.3 is 10.4 Å². The second-order valence-corrected chi connectivity index (χ2v) is 5.72. The van der Waals surface area contributed by atoms with Crippen LogP contribution in [0.25, 0.3) is 0 Å². The van der Waals surface area contributed by atoms with Crippen LogP contribution in [0.1, 0.15) is 24.0 Å². The number of rotatable bonds is 6. The van der Waals surface area contributed by atoms with Gasteiger partial charge in [-0.2, -0.15) is 13.2 Å². The molecular formula is C14H15BrF3NO3. The molecule has 0 bridgehead atoms. The van der Waals surface area contributed by atoms with Gasteiger partial charge in [0.1, 0.15) is 6.04 Å². The molecule has 0 fully saturated rings. The summed E-state index contributed by atoms with van der Waals surface area (Å²) in [5.41, 5.74) is 1.82. The third-order valence-corrected chi connectivity index (χ3v) is 3.82. The first-order valence-electron chi connectivity index (χ1n) is 6.42. The molecule has 1 rings (SSSR count). The summed E-state index contributed by atoms with van der Waals surface area (Å²) in [6, 6.07) is 3.49. The van der Waals surface area contributed by atoms with E-state index in [-0.39, 0.29) is 6.42 Å². The number of aryl methyl sites for hydroxylation is 2. The SMILES string of the molecule is Cc1cc(CCC(=O)NC(CC(F)(F)F)C(=O)O)ccc1Br. The standard InChI is InChI=1S/C14H15BrF3NO3/c1-8-6-9(2-4-10(8)15)3-5-12(20)19-11(13(21)22)7-14(16,17)18/h2,4,6,11H,3,5,7H2,1H3,(H,19,20)(H,21,22). The van der Waals surface area contributed by atoms with Crippen LogP contribution in [0.3, 0.4) is 0 Å². The molecule has 0 aromatic heterocycles. The van der Waals surface area contributed by atoms with Crippen LogP contribution in [0, 0.1) is 6.92 Å². The van der Waals surface area contributed by atoms with Crippen LogP contribution >= 0.6 is 15.9 Å². The molecule has 22 heavy (non-hydrogen) atoms. The van der Waals surface area contributed by atoms with Crippen molar-refractivity contribution in [1.82, 2.24) is 5.32 Å². The number of carboxylic acid groups (broad SMARTS) is 1. The predicted molar refractivity (Wildman–Crippen MR) is 77.4 cm³/mol. The molecule has 0 aliphatic rings. The normalized spacial score (nSPS) is 12.8. The molecule has 0 radical (unpaired) electrons. The summed E-state index contributed by atoms with van der Waals surface area (Å²) in [7, 11) is 0. The number of hydrogen-bond acceptors (Lipinski definition) is 2. The average molecular weight is 382 g/mol. The van der Waals surface area contributed by atoms with Crippen LogP contribution in [0.4, 0.5) is 13.2 Å². The van der Waals surface area contributed by atoms with Gasteiger partial charge in [0, 0.05) is 10.9 Å². The van der Waals surface area contributed by atoms with Crippen LogP contribution in [0.15, 0.2) is 22.7 Å². The summed E-state index contributed by atoms with van der Waals surface area (Å²) >= 11 is 3.33. The predicted octanol–water partition coefficient (Wildman–Crippen LogP) is 3.21. The highest BCUT2D eigenvalue weighted by Gasteiger charge is 2.36. The topological polar surface area (TPSA) is 66.4 Å². The summed E-state index contributed by atoms with van der Waals surface area (Å²) in [6.07, 6.45) is -6.01. The molecule has 0 spiro atoms. The molecule has 1 aromatic rings. The Hall–Kier alpha value is -1.57. The van der Waals surface area contributed by atoms with E-state index >= 15 is 0 Å². The highest BCUT2D eigenvalue weighted by molar-refractivity contribution is 9.10. The Bertz CT molecular complexity index is 561. The first kappa shape index (κ1) is 18.5. The lowest BCUT2D eigenvalue weighted by molar-refractivity contribution is -0.160. The van der Waals surface area contributed by atoms with Crippen LogP contribution in [0.2, 0.25) is 0 Å². The minimum Gasteiger partial charge on any atom is -0.480 e. The Labute approximate surface area is 133 Å². The number of hydrogen-bond donors (Lipinski definition) is 2. The maximum Gasteiger partial charge on any atom is 0.391 e. The van der Waals surface area contributed by atoms with Gasteiger partial charge in [-0.25, -0.2) is 4.79 Å². The van der Waals surface area contributed by atoms with Gasteiger partial charge in [-0.3, -0.25) is 4.79 Å². The van der Waals surface area contributed by atoms with Crippen molar-refractivity contribution in [3.05, 3.63) is 33.8 Å². The van der Waals surface area contributed by atoms with Crippen LogP contribution in [0.5, 0.6) is 0 Å². The molecule has 0 aliphatic heterocycles. The molecule has 1 atom stereocenters. The van der Waals surface area contributed by atoms with Gasteiger partial charge in [-0.15, -0.1) is 0 Å². The fourth-order valence-electron chi connectivity index (χ4n) is 1.82. The third-order valence-electron chi connectivity index (χ3n) is 2.93. The smallest absolute Gasteiger partial charge is 0.391 e. The molecule has 1 aromatic carbocycles. The van der Waals surface area contributed by atoms with E-state index in [1.807, 2.05) is 24.4 Å². The van der Waals surface area contributed by atoms with Gasteiger partial charge in [0.25, 0.3) is 0 Å². The number of carboxylic acids is 1. The number of aliphatic carboxylic acids is 1. The summed E-state index contributed by atoms with van der Waals surface area (Å²) in [6.45, 7) is 1.87. The van der Waals surface area contributed by atoms with Crippen molar-refractivity contribution < 1.29 is 27.9 Å². The Morgan fingerprint density at radius 1 is 1.36 bits per heavy atom. The summed E-state index contributed by atoms with van der Waals surface area (Å²) in [5, 5.41) is 10.6. The van der Waals surface area contributed by atoms with Crippen molar-refractivity contribution in [2.45, 2.75) is 38.4 Å². The molecule has 122 valence electrons. The highest BCUT2D eigenvalue weighted by atomic mass is 79.9. The number of alkyl halides is 3. The number of carbonyl (C=O) groups excluding carboxylic acids is 1. The first-order chi connectivity index (χ1) is 10.1. The van der Waals surface area contributed by atoms with Crippen molar-refractivity contribution in [1.29, 1.82) is 0 Å². The summed E-state index contributed by atoms with van der Waals surface area (Å²) < 4.78 is 37.6. The molecule has 1 amide bonds. The Kier molecular flexibility index (Phi) is 6.40. The molecule has 0 aliphatic carbocycles. The van der Waals surface area contributed by atoms with E-state index in [4.69, 9.17) is 5.11 Å². The lowest BCUT2D eigenvalue weighted by Gasteiger charge is -2.16. The van der Waals surface area contributed by atoms with E-state index in [9.17, 15) is 22.8 Å². The zero-order valence-electron chi connectivity index (χ0n) is 11.7. The summed E-state index contributed by atoms with van der Waals surface area (Å²) in [5.74, 6) is -2.43. The first-order valence-corrected chi connectivity index (χ1v) is 7.22. The minimum atomic E-state index is -4.65. The van der Waals surface area contributed by atoms with Crippen molar-refractivity contribution in [2.75, 3.05) is 0 Å². The zero-order valence-corrected chi connectivity index (χ0v) is 13.3. The number of amides is 1. The molecule has 0 saturated heterocycles. The van der Waals surface area contributed by atoms with Crippen LogP contribution < -0.4 is 5.32 Å². The fourth-order valence-corrected chi connectivity index (χ4v) is 2.06. The lowest BCUT2D eigenvalue weighted by atomic mass is 10.1. The largest absolute Gasteiger partial charge is 0.480 e. The highest BCUT2D eigenvalue weighted by Crippen LogP contribution is 2.22. The lowest BCUT2D eigenvalue weighted by Crippen LogP contribution is -2.43. The maximum atomic E-state index is 12.2.